The molecule has 1 fully saturated rings. The molecule has 1 aromatic heterocycles. The molecule has 1 aliphatic heterocycles. The average molecular weight is 442 g/mol. The molecule has 1 N–H and O–H groups in total. The van der Waals surface area contributed by atoms with Crippen LogP contribution in [-0.2, 0) is 16.0 Å². The van der Waals surface area contributed by atoms with Crippen LogP contribution in [-0.4, -0.2) is 41.3 Å². The van der Waals surface area contributed by atoms with Crippen molar-refractivity contribution in [1.29, 1.82) is 0 Å². The number of piperidine rings is 1. The minimum absolute atomic E-state index is 0.0465. The third kappa shape index (κ3) is 6.28. The highest BCUT2D eigenvalue weighted by atomic mass is 16.2. The maximum absolute atomic E-state index is 12.9. The van der Waals surface area contributed by atoms with Crippen LogP contribution in [0.2, 0.25) is 0 Å². The van der Waals surface area contributed by atoms with Crippen molar-refractivity contribution < 1.29 is 9.59 Å². The summed E-state index contributed by atoms with van der Waals surface area (Å²) in [5.41, 5.74) is 3.47. The fourth-order valence-electron chi connectivity index (χ4n) is 4.52. The topological polar surface area (TPSA) is 62.3 Å². The molecule has 1 atom stereocenters. The Morgan fingerprint density at radius 3 is 2.27 bits per heavy atom. The first-order valence-corrected chi connectivity index (χ1v) is 11.8. The Hall–Kier alpha value is -3.47. The molecule has 3 aromatic rings. The molecule has 0 unspecified atom stereocenters. The number of nitrogens with zero attached hydrogens (tertiary/aromatic N) is 2. The quantitative estimate of drug-likeness (QED) is 0.541. The zero-order valence-corrected chi connectivity index (χ0v) is 18.9. The van der Waals surface area contributed by atoms with Gasteiger partial charge in [-0.15, -0.1) is 0 Å². The number of hydrogen-bond donors (Lipinski definition) is 1. The first kappa shape index (κ1) is 22.7. The van der Waals surface area contributed by atoms with E-state index in [4.69, 9.17) is 0 Å². The van der Waals surface area contributed by atoms with Crippen LogP contribution in [0.4, 0.5) is 0 Å². The van der Waals surface area contributed by atoms with Gasteiger partial charge in [0.1, 0.15) is 0 Å². The summed E-state index contributed by atoms with van der Waals surface area (Å²) in [4.78, 5) is 31.4. The van der Waals surface area contributed by atoms with E-state index < -0.39 is 0 Å². The summed E-state index contributed by atoms with van der Waals surface area (Å²) in [6.07, 6.45) is 4.34. The van der Waals surface area contributed by atoms with Crippen molar-refractivity contribution in [3.63, 3.8) is 0 Å². The Morgan fingerprint density at radius 1 is 0.970 bits per heavy atom. The highest BCUT2D eigenvalue weighted by Crippen LogP contribution is 2.27. The van der Waals surface area contributed by atoms with Crippen LogP contribution in [0, 0.1) is 5.92 Å². The molecule has 2 amide bonds. The van der Waals surface area contributed by atoms with Gasteiger partial charge in [0.15, 0.2) is 0 Å². The highest BCUT2D eigenvalue weighted by molar-refractivity contribution is 5.83. The number of carbonyl (C=O) groups is 2. The first-order valence-electron chi connectivity index (χ1n) is 11.8. The zero-order valence-electron chi connectivity index (χ0n) is 18.9. The fourth-order valence-corrected chi connectivity index (χ4v) is 4.52. The SMILES string of the molecule is O=C(NCCC(c1ccccc1)c1ccccc1)[C@@H]1CCC(=O)N(CCc2ccccn2)C1. The number of rotatable bonds is 9. The molecule has 0 bridgehead atoms. The van der Waals surface area contributed by atoms with Crippen molar-refractivity contribution in [1.82, 2.24) is 15.2 Å². The Labute approximate surface area is 195 Å². The molecule has 5 nitrogen and oxygen atoms in total. The maximum atomic E-state index is 12.9. The van der Waals surface area contributed by atoms with Gasteiger partial charge in [-0.2, -0.15) is 0 Å². The molecule has 4 rings (SSSR count). The summed E-state index contributed by atoms with van der Waals surface area (Å²) >= 11 is 0. The third-order valence-corrected chi connectivity index (χ3v) is 6.37. The van der Waals surface area contributed by atoms with Gasteiger partial charge in [0.25, 0.3) is 0 Å². The molecule has 0 radical (unpaired) electrons. The number of aromatic nitrogens is 1. The van der Waals surface area contributed by atoms with Crippen LogP contribution in [0.3, 0.4) is 0 Å². The van der Waals surface area contributed by atoms with Crippen LogP contribution in [0.5, 0.6) is 0 Å². The second-order valence-corrected chi connectivity index (χ2v) is 8.60. The molecular formula is C28H31N3O2. The molecule has 1 aliphatic rings. The molecular weight excluding hydrogens is 410 g/mol. The summed E-state index contributed by atoms with van der Waals surface area (Å²) in [7, 11) is 0. The third-order valence-electron chi connectivity index (χ3n) is 6.37. The molecule has 33 heavy (non-hydrogen) atoms. The Balaban J connectivity index is 1.31. The molecule has 5 heteroatoms. The van der Waals surface area contributed by atoms with Crippen LogP contribution >= 0.6 is 0 Å². The maximum Gasteiger partial charge on any atom is 0.224 e. The monoisotopic (exact) mass is 441 g/mol. The van der Waals surface area contributed by atoms with E-state index in [1.165, 1.54) is 11.1 Å². The van der Waals surface area contributed by atoms with Crippen LogP contribution in [0.15, 0.2) is 85.1 Å². The lowest BCUT2D eigenvalue weighted by atomic mass is 9.88. The lowest BCUT2D eigenvalue weighted by molar-refractivity contribution is -0.138. The largest absolute Gasteiger partial charge is 0.356 e. The van der Waals surface area contributed by atoms with E-state index in [0.717, 1.165) is 12.1 Å². The van der Waals surface area contributed by atoms with Gasteiger partial charge < -0.3 is 10.2 Å². The second-order valence-electron chi connectivity index (χ2n) is 8.60. The van der Waals surface area contributed by atoms with Crippen molar-refractivity contribution in [3.8, 4) is 0 Å². The minimum atomic E-state index is -0.154. The molecule has 0 saturated carbocycles. The van der Waals surface area contributed by atoms with Gasteiger partial charge in [-0.05, 0) is 36.1 Å². The number of nitrogens with one attached hydrogen (secondary N) is 1. The van der Waals surface area contributed by atoms with E-state index >= 15 is 0 Å². The molecule has 2 heterocycles. The van der Waals surface area contributed by atoms with E-state index in [1.54, 1.807) is 6.20 Å². The van der Waals surface area contributed by atoms with E-state index in [9.17, 15) is 9.59 Å². The predicted molar refractivity (Wildman–Crippen MR) is 130 cm³/mol. The summed E-state index contributed by atoms with van der Waals surface area (Å²) < 4.78 is 0. The molecule has 2 aromatic carbocycles. The van der Waals surface area contributed by atoms with E-state index in [2.05, 4.69) is 58.8 Å². The highest BCUT2D eigenvalue weighted by Gasteiger charge is 2.30. The second kappa shape index (κ2) is 11.4. The van der Waals surface area contributed by atoms with E-state index in [1.807, 2.05) is 35.2 Å². The summed E-state index contributed by atoms with van der Waals surface area (Å²) in [5.74, 6) is 0.252. The number of hydrogen-bond acceptors (Lipinski definition) is 3. The minimum Gasteiger partial charge on any atom is -0.356 e. The van der Waals surface area contributed by atoms with E-state index in [-0.39, 0.29) is 23.7 Å². The van der Waals surface area contributed by atoms with Crippen LogP contribution in [0.25, 0.3) is 0 Å². The van der Waals surface area contributed by atoms with Crippen molar-refractivity contribution in [2.45, 2.75) is 31.6 Å². The number of likely N-dealkylation sites (tertiary alicyclic amines) is 1. The van der Waals surface area contributed by atoms with Gasteiger partial charge in [-0.1, -0.05) is 66.7 Å². The Morgan fingerprint density at radius 2 is 1.64 bits per heavy atom. The van der Waals surface area contributed by atoms with Gasteiger partial charge in [0.05, 0.1) is 5.92 Å². The lowest BCUT2D eigenvalue weighted by Gasteiger charge is -2.32. The van der Waals surface area contributed by atoms with Gasteiger partial charge in [0.2, 0.25) is 11.8 Å². The van der Waals surface area contributed by atoms with Gasteiger partial charge in [-0.3, -0.25) is 14.6 Å². The smallest absolute Gasteiger partial charge is 0.224 e. The number of benzene rings is 2. The Bertz CT molecular complexity index is 985. The summed E-state index contributed by atoms with van der Waals surface area (Å²) in [5, 5.41) is 3.14. The molecule has 170 valence electrons. The average Bonchev–Trinajstić information content (AvgIpc) is 2.87. The number of carbonyl (C=O) groups excluding carboxylic acids is 2. The Kier molecular flexibility index (Phi) is 7.85. The summed E-state index contributed by atoms with van der Waals surface area (Å²) in [6, 6.07) is 26.7. The first-order chi connectivity index (χ1) is 16.2. The van der Waals surface area contributed by atoms with Gasteiger partial charge in [0, 0.05) is 50.3 Å². The van der Waals surface area contributed by atoms with E-state index in [0.29, 0.717) is 38.9 Å². The predicted octanol–water partition coefficient (Wildman–Crippen LogP) is 4.20. The standard InChI is InChI=1S/C28H31N3O2/c32-27-15-14-24(21-31(27)20-17-25-13-7-8-18-29-25)28(33)30-19-16-26(22-9-3-1-4-10-22)23-11-5-2-6-12-23/h1-13,18,24,26H,14-17,19-21H2,(H,30,33)/t24-/m1/s1. The fraction of sp³-hybridized carbons (Fsp3) is 0.321. The normalized spacial score (nSPS) is 16.1. The number of pyridine rings is 1. The lowest BCUT2D eigenvalue weighted by Crippen LogP contribution is -2.46. The zero-order chi connectivity index (χ0) is 22.9. The molecule has 0 aliphatic carbocycles. The summed E-state index contributed by atoms with van der Waals surface area (Å²) in [6.45, 7) is 1.69. The molecule has 0 spiro atoms. The van der Waals surface area contributed by atoms with Crippen molar-refractivity contribution >= 4 is 11.8 Å². The van der Waals surface area contributed by atoms with Gasteiger partial charge >= 0.3 is 0 Å². The van der Waals surface area contributed by atoms with Gasteiger partial charge in [-0.25, -0.2) is 0 Å². The van der Waals surface area contributed by atoms with Crippen molar-refractivity contribution in [2.24, 2.45) is 5.92 Å². The molecule has 1 saturated heterocycles. The van der Waals surface area contributed by atoms with Crippen molar-refractivity contribution in [2.75, 3.05) is 19.6 Å². The van der Waals surface area contributed by atoms with Crippen LogP contribution < -0.4 is 5.32 Å². The van der Waals surface area contributed by atoms with Crippen molar-refractivity contribution in [3.05, 3.63) is 102 Å². The van der Waals surface area contributed by atoms with Crippen LogP contribution in [0.1, 0.15) is 42.0 Å². The number of amides is 2.